The zero-order valence-electron chi connectivity index (χ0n) is 62.6. The lowest BCUT2D eigenvalue weighted by Gasteiger charge is -2.25. The van der Waals surface area contributed by atoms with Crippen LogP contribution in [-0.4, -0.2) is 9.13 Å². The first kappa shape index (κ1) is 68.1. The quantitative estimate of drug-likeness (QED) is 0.0805. The maximum Gasteiger partial charge on any atom is 0.0541 e. The van der Waals surface area contributed by atoms with Gasteiger partial charge in [0.05, 0.1) is 22.1 Å². The van der Waals surface area contributed by atoms with Crippen molar-refractivity contribution in [1.82, 2.24) is 9.13 Å². The SMILES string of the molecule is c1ccc(N(c2ccccc2)c2ccc(-c3ccc4c(c3)c3cc(-c5ccc(N(c6ccccc6)c6ccccc6)cc5)ccc3n4-c3ccc(-c4ccc(-n5c6ccc(-c7ccc(N(c8ccccc8)c8ccccc8)cc7)cc6c6cc(-c7ccc(N(c8ccccc8)c8ccccc8)cc7)ccc65)cc4)cc3)cc2)cc1. The number of nitrogens with zero attached hydrogens (tertiary/aromatic N) is 6. The van der Waals surface area contributed by atoms with E-state index in [1.165, 1.54) is 21.5 Å². The number of anilines is 12. The van der Waals surface area contributed by atoms with Crippen LogP contribution >= 0.6 is 0 Å². The van der Waals surface area contributed by atoms with Crippen molar-refractivity contribution in [3.8, 4) is 67.0 Å². The van der Waals surface area contributed by atoms with Gasteiger partial charge in [0.2, 0.25) is 0 Å². The molecule has 6 nitrogen and oxygen atoms in total. The number of benzene rings is 18. The summed E-state index contributed by atoms with van der Waals surface area (Å²) in [5.74, 6) is 0. The third-order valence-electron chi connectivity index (χ3n) is 22.1. The maximum atomic E-state index is 2.44. The van der Waals surface area contributed by atoms with E-state index in [9.17, 15) is 0 Å². The van der Waals surface area contributed by atoms with Crippen LogP contribution < -0.4 is 19.6 Å². The summed E-state index contributed by atoms with van der Waals surface area (Å²) in [5, 5.41) is 4.74. The van der Waals surface area contributed by atoms with Gasteiger partial charge in [0.25, 0.3) is 0 Å². The fraction of sp³-hybridized carbons (Fsp3) is 0. The van der Waals surface area contributed by atoms with Gasteiger partial charge in [-0.05, 0) is 274 Å². The largest absolute Gasteiger partial charge is 0.311 e. The molecule has 0 radical (unpaired) electrons. The van der Waals surface area contributed by atoms with E-state index in [0.29, 0.717) is 0 Å². The summed E-state index contributed by atoms with van der Waals surface area (Å²) in [6.07, 6.45) is 0. The van der Waals surface area contributed by atoms with Crippen molar-refractivity contribution in [3.63, 3.8) is 0 Å². The molecule has 0 aliphatic carbocycles. The Bertz CT molecular complexity index is 5800. The number of rotatable bonds is 19. The summed E-state index contributed by atoms with van der Waals surface area (Å²) in [5.41, 5.74) is 31.4. The number of hydrogen-bond donors (Lipinski definition) is 0. The maximum absolute atomic E-state index is 2.44. The lowest BCUT2D eigenvalue weighted by Crippen LogP contribution is -2.09. The number of para-hydroxylation sites is 8. The normalized spacial score (nSPS) is 11.3. The lowest BCUT2D eigenvalue weighted by atomic mass is 9.99. The van der Waals surface area contributed by atoms with Crippen molar-refractivity contribution < 1.29 is 0 Å². The summed E-state index contributed by atoms with van der Waals surface area (Å²) in [4.78, 5) is 9.25. The molecule has 20 rings (SSSR count). The molecule has 0 aliphatic rings. The van der Waals surface area contributed by atoms with Crippen LogP contribution in [0.4, 0.5) is 68.2 Å². The van der Waals surface area contributed by atoms with Crippen molar-refractivity contribution >= 4 is 112 Å². The predicted molar refractivity (Wildman–Crippen MR) is 481 cm³/mol. The molecule has 0 fully saturated rings. The Morgan fingerprint density at radius 2 is 0.263 bits per heavy atom. The molecule has 0 saturated carbocycles. The molecule has 538 valence electrons. The van der Waals surface area contributed by atoms with Crippen molar-refractivity contribution in [2.45, 2.75) is 0 Å². The highest BCUT2D eigenvalue weighted by Gasteiger charge is 2.22. The van der Waals surface area contributed by atoms with E-state index in [0.717, 1.165) is 157 Å². The number of aromatic nitrogens is 2. The molecule has 0 spiro atoms. The second-order valence-electron chi connectivity index (χ2n) is 28.9. The average molecular weight is 1460 g/mol. The fourth-order valence-corrected chi connectivity index (χ4v) is 16.5. The first-order chi connectivity index (χ1) is 56.5. The Morgan fingerprint density at radius 3 is 0.439 bits per heavy atom. The molecule has 0 aliphatic heterocycles. The van der Waals surface area contributed by atoms with Crippen LogP contribution in [0.3, 0.4) is 0 Å². The summed E-state index contributed by atoms with van der Waals surface area (Å²) in [6, 6.07) is 167. The smallest absolute Gasteiger partial charge is 0.0541 e. The molecule has 0 amide bonds. The first-order valence-corrected chi connectivity index (χ1v) is 38.9. The Hall–Kier alpha value is -15.2. The van der Waals surface area contributed by atoms with Crippen LogP contribution in [0.25, 0.3) is 111 Å². The van der Waals surface area contributed by atoms with Gasteiger partial charge in [-0.2, -0.15) is 0 Å². The minimum absolute atomic E-state index is 1.09. The average Bonchev–Trinajstić information content (AvgIpc) is 1.59. The fourth-order valence-electron chi connectivity index (χ4n) is 16.5. The van der Waals surface area contributed by atoms with E-state index < -0.39 is 0 Å². The minimum atomic E-state index is 1.09. The molecule has 6 heteroatoms. The van der Waals surface area contributed by atoms with Gasteiger partial charge in [0.1, 0.15) is 0 Å². The topological polar surface area (TPSA) is 22.8 Å². The van der Waals surface area contributed by atoms with Gasteiger partial charge in [-0.25, -0.2) is 0 Å². The third-order valence-corrected chi connectivity index (χ3v) is 22.1. The van der Waals surface area contributed by atoms with Crippen LogP contribution in [0.1, 0.15) is 0 Å². The van der Waals surface area contributed by atoms with Gasteiger partial charge in [-0.15, -0.1) is 0 Å². The van der Waals surface area contributed by atoms with Gasteiger partial charge >= 0.3 is 0 Å². The highest BCUT2D eigenvalue weighted by Crippen LogP contribution is 2.45. The van der Waals surface area contributed by atoms with Gasteiger partial charge in [-0.3, -0.25) is 0 Å². The molecule has 114 heavy (non-hydrogen) atoms. The Kier molecular flexibility index (Phi) is 17.9. The van der Waals surface area contributed by atoms with E-state index in [4.69, 9.17) is 0 Å². The Morgan fingerprint density at radius 1 is 0.123 bits per heavy atom. The van der Waals surface area contributed by atoms with Gasteiger partial charge in [0, 0.05) is 101 Å². The van der Waals surface area contributed by atoms with E-state index in [2.05, 4.69) is 490 Å². The molecule has 0 atom stereocenters. The zero-order chi connectivity index (χ0) is 75.7. The second kappa shape index (κ2) is 30.0. The molecular weight excluding hydrogens is 1380 g/mol. The highest BCUT2D eigenvalue weighted by molar-refractivity contribution is 6.13. The molecule has 2 heterocycles. The van der Waals surface area contributed by atoms with Crippen LogP contribution in [0.15, 0.2) is 461 Å². The zero-order valence-corrected chi connectivity index (χ0v) is 62.6. The number of fused-ring (bicyclic) bond motifs is 6. The van der Waals surface area contributed by atoms with E-state index in [-0.39, 0.29) is 0 Å². The molecule has 0 saturated heterocycles. The van der Waals surface area contributed by atoms with E-state index >= 15 is 0 Å². The minimum Gasteiger partial charge on any atom is -0.311 e. The van der Waals surface area contributed by atoms with Crippen molar-refractivity contribution in [3.05, 3.63) is 461 Å². The van der Waals surface area contributed by atoms with Crippen LogP contribution in [0.5, 0.6) is 0 Å². The first-order valence-electron chi connectivity index (χ1n) is 38.9. The number of hydrogen-bond acceptors (Lipinski definition) is 4. The molecule has 2 aromatic heterocycles. The summed E-state index contributed by atoms with van der Waals surface area (Å²) >= 11 is 0. The highest BCUT2D eigenvalue weighted by atomic mass is 15.2. The van der Waals surface area contributed by atoms with Gasteiger partial charge < -0.3 is 28.7 Å². The molecule has 0 unspecified atom stereocenters. The van der Waals surface area contributed by atoms with Crippen molar-refractivity contribution in [2.24, 2.45) is 0 Å². The van der Waals surface area contributed by atoms with Crippen LogP contribution in [0.2, 0.25) is 0 Å². The lowest BCUT2D eigenvalue weighted by molar-refractivity contribution is 1.18. The van der Waals surface area contributed by atoms with Gasteiger partial charge in [-0.1, -0.05) is 243 Å². The third kappa shape index (κ3) is 13.0. The van der Waals surface area contributed by atoms with E-state index in [1.54, 1.807) is 0 Å². The Balaban J connectivity index is 0.650. The van der Waals surface area contributed by atoms with Crippen LogP contribution in [0, 0.1) is 0 Å². The monoisotopic (exact) mass is 1460 g/mol. The Labute approximate surface area is 664 Å². The van der Waals surface area contributed by atoms with Gasteiger partial charge in [0.15, 0.2) is 0 Å². The predicted octanol–water partition coefficient (Wildman–Crippen LogP) is 30.1. The summed E-state index contributed by atoms with van der Waals surface area (Å²) in [6.45, 7) is 0. The van der Waals surface area contributed by atoms with Crippen LogP contribution in [-0.2, 0) is 0 Å². The molecule has 0 bridgehead atoms. The molecule has 0 N–H and O–H groups in total. The summed E-state index contributed by atoms with van der Waals surface area (Å²) < 4.78 is 4.87. The second-order valence-corrected chi connectivity index (χ2v) is 28.9. The van der Waals surface area contributed by atoms with Crippen molar-refractivity contribution in [2.75, 3.05) is 19.6 Å². The van der Waals surface area contributed by atoms with E-state index in [1.807, 2.05) is 0 Å². The summed E-state index contributed by atoms with van der Waals surface area (Å²) in [7, 11) is 0. The molecule has 20 aromatic rings. The molecular formula is C108H76N6. The molecule has 18 aromatic carbocycles. The van der Waals surface area contributed by atoms with Crippen molar-refractivity contribution in [1.29, 1.82) is 0 Å². The standard InChI is InChI=1S/C108H76N6/c1-9-25-87(26-10-1)109(88-27-11-2-12-28-88)95-57-45-79(46-58-95)83-53-69-105-101(73-83)102-74-84(80-47-59-96(60-48-80)110(89-29-13-3-14-30-89)90-31-15-4-16-32-90)54-70-106(102)113(105)99-65-41-77(42-66-99)78-43-67-100(68-44-78)114-107-71-55-85(81-49-61-97(62-50-81)111(91-33-17-5-18-34-91)92-35-19-6-20-36-92)75-103(107)104-76-86(56-72-108(104)114)82-51-63-98(64-52-82)112(93-37-21-7-22-38-93)94-39-23-8-24-40-94/h1-76H.